The molecular formula is C22H27ClN6O3. The molecule has 0 bridgehead atoms. The number of aromatic nitrogens is 4. The molecule has 1 atom stereocenters. The number of hydrogen-bond acceptors (Lipinski definition) is 6. The number of nitrogens with zero attached hydrogens (tertiary/aromatic N) is 6. The van der Waals surface area contributed by atoms with Gasteiger partial charge in [0.25, 0.3) is 5.56 Å². The van der Waals surface area contributed by atoms with Crippen molar-refractivity contribution in [3.63, 3.8) is 0 Å². The molecular weight excluding hydrogens is 432 g/mol. The third-order valence-corrected chi connectivity index (χ3v) is 6.58. The van der Waals surface area contributed by atoms with E-state index in [2.05, 4.69) is 16.7 Å². The lowest BCUT2D eigenvalue weighted by Crippen LogP contribution is -2.44. The van der Waals surface area contributed by atoms with E-state index < -0.39 is 0 Å². The molecule has 32 heavy (non-hydrogen) atoms. The van der Waals surface area contributed by atoms with Gasteiger partial charge in [0.15, 0.2) is 11.2 Å². The molecule has 4 heterocycles. The van der Waals surface area contributed by atoms with Crippen LogP contribution in [0.25, 0.3) is 11.2 Å². The Morgan fingerprint density at radius 1 is 1.09 bits per heavy atom. The smallest absolute Gasteiger partial charge is 0.332 e. The summed E-state index contributed by atoms with van der Waals surface area (Å²) < 4.78 is 10.2. The number of morpholine rings is 1. The first-order chi connectivity index (χ1) is 15.4. The van der Waals surface area contributed by atoms with Gasteiger partial charge in [-0.05, 0) is 30.2 Å². The second-order valence-electron chi connectivity index (χ2n) is 8.64. The highest BCUT2D eigenvalue weighted by atomic mass is 35.5. The predicted molar refractivity (Wildman–Crippen MR) is 124 cm³/mol. The molecule has 9 nitrogen and oxygen atoms in total. The van der Waals surface area contributed by atoms with Crippen LogP contribution in [-0.4, -0.2) is 63.0 Å². The van der Waals surface area contributed by atoms with E-state index in [1.165, 1.54) is 9.13 Å². The molecule has 1 saturated heterocycles. The van der Waals surface area contributed by atoms with Gasteiger partial charge < -0.3 is 14.2 Å². The number of benzene rings is 1. The summed E-state index contributed by atoms with van der Waals surface area (Å²) >= 11 is 6.07. The van der Waals surface area contributed by atoms with Crippen molar-refractivity contribution in [2.24, 2.45) is 13.0 Å². The van der Waals surface area contributed by atoms with Crippen LogP contribution in [0.15, 0.2) is 33.9 Å². The zero-order chi connectivity index (χ0) is 22.4. The van der Waals surface area contributed by atoms with Gasteiger partial charge in [0.1, 0.15) is 0 Å². The number of imidazole rings is 1. The van der Waals surface area contributed by atoms with Crippen LogP contribution < -0.4 is 16.1 Å². The molecule has 0 spiro atoms. The molecule has 3 aromatic rings. The van der Waals surface area contributed by atoms with E-state index in [9.17, 15) is 9.59 Å². The number of hydrogen-bond donors (Lipinski definition) is 0. The Morgan fingerprint density at radius 2 is 1.81 bits per heavy atom. The Bertz CT molecular complexity index is 1260. The average molecular weight is 459 g/mol. The van der Waals surface area contributed by atoms with Gasteiger partial charge in [-0.1, -0.05) is 18.5 Å². The van der Waals surface area contributed by atoms with Crippen LogP contribution in [0.3, 0.4) is 0 Å². The van der Waals surface area contributed by atoms with Crippen molar-refractivity contribution in [2.75, 3.05) is 44.3 Å². The summed E-state index contributed by atoms with van der Waals surface area (Å²) in [6.45, 7) is 7.56. The van der Waals surface area contributed by atoms with Crippen LogP contribution in [0.4, 0.5) is 11.6 Å². The lowest BCUT2D eigenvalue weighted by molar-refractivity contribution is 0.0361. The van der Waals surface area contributed by atoms with Crippen molar-refractivity contribution in [1.82, 2.24) is 23.6 Å². The highest BCUT2D eigenvalue weighted by Crippen LogP contribution is 2.33. The summed E-state index contributed by atoms with van der Waals surface area (Å²) in [4.78, 5) is 35.6. The minimum absolute atomic E-state index is 0.278. The molecule has 0 unspecified atom stereocenters. The molecule has 2 aliphatic heterocycles. The van der Waals surface area contributed by atoms with Gasteiger partial charge >= 0.3 is 5.69 Å². The quantitative estimate of drug-likeness (QED) is 0.592. The SMILES string of the molecule is C[C@@H]1CN(c2ccc(Cl)cc2)c2nc3c(c(=O)n(CCN4CCOCC4)c(=O)n3C)n2C1. The fraction of sp³-hybridized carbons (Fsp3) is 0.500. The van der Waals surface area contributed by atoms with Gasteiger partial charge in [-0.15, -0.1) is 0 Å². The predicted octanol–water partition coefficient (Wildman–Crippen LogP) is 1.67. The number of rotatable bonds is 4. The lowest BCUT2D eigenvalue weighted by Gasteiger charge is -2.33. The normalized spacial score (nSPS) is 19.5. The zero-order valence-electron chi connectivity index (χ0n) is 18.3. The molecule has 0 radical (unpaired) electrons. The fourth-order valence-electron chi connectivity index (χ4n) is 4.61. The van der Waals surface area contributed by atoms with Crippen LogP contribution in [0.2, 0.25) is 5.02 Å². The minimum Gasteiger partial charge on any atom is -0.379 e. The molecule has 0 amide bonds. The Labute approximate surface area is 190 Å². The van der Waals surface area contributed by atoms with Crippen LogP contribution in [-0.2, 0) is 24.9 Å². The van der Waals surface area contributed by atoms with Gasteiger partial charge in [0.2, 0.25) is 5.95 Å². The van der Waals surface area contributed by atoms with Crippen LogP contribution in [0.1, 0.15) is 6.92 Å². The molecule has 0 aliphatic carbocycles. The van der Waals surface area contributed by atoms with Gasteiger partial charge in [0.05, 0.1) is 13.2 Å². The molecule has 0 N–H and O–H groups in total. The Kier molecular flexibility index (Phi) is 5.56. The summed E-state index contributed by atoms with van der Waals surface area (Å²) in [7, 11) is 1.68. The molecule has 1 fully saturated rings. The van der Waals surface area contributed by atoms with E-state index in [0.29, 0.717) is 60.9 Å². The number of aryl methyl sites for hydroxylation is 1. The van der Waals surface area contributed by atoms with E-state index in [0.717, 1.165) is 25.3 Å². The first-order valence-electron chi connectivity index (χ1n) is 11.0. The molecule has 2 aromatic heterocycles. The summed E-state index contributed by atoms with van der Waals surface area (Å²) in [5, 5.41) is 0.665. The summed E-state index contributed by atoms with van der Waals surface area (Å²) in [5.74, 6) is 0.979. The maximum atomic E-state index is 13.5. The highest BCUT2D eigenvalue weighted by molar-refractivity contribution is 6.30. The van der Waals surface area contributed by atoms with Crippen molar-refractivity contribution < 1.29 is 4.74 Å². The standard InChI is InChI=1S/C22H27ClN6O3/c1-15-13-28(17-5-3-16(23)4-6-17)21-24-19-18(29(21)14-15)20(30)27(22(31)25(19)2)8-7-26-9-11-32-12-10-26/h3-6,15H,7-14H2,1-2H3/t15-/m1/s1. The van der Waals surface area contributed by atoms with Crippen molar-refractivity contribution in [2.45, 2.75) is 20.0 Å². The molecule has 10 heteroatoms. The van der Waals surface area contributed by atoms with Crippen molar-refractivity contribution in [1.29, 1.82) is 0 Å². The first kappa shape index (κ1) is 21.2. The molecule has 5 rings (SSSR count). The Hall–Kier alpha value is -2.62. The summed E-state index contributed by atoms with van der Waals surface area (Å²) in [6.07, 6.45) is 0. The van der Waals surface area contributed by atoms with E-state index in [1.54, 1.807) is 7.05 Å². The molecule has 2 aliphatic rings. The summed E-state index contributed by atoms with van der Waals surface area (Å²) in [6, 6.07) is 7.59. The van der Waals surface area contributed by atoms with Crippen LogP contribution in [0, 0.1) is 5.92 Å². The zero-order valence-corrected chi connectivity index (χ0v) is 19.1. The Balaban J connectivity index is 1.60. The monoisotopic (exact) mass is 458 g/mol. The van der Waals surface area contributed by atoms with E-state index in [-0.39, 0.29) is 11.2 Å². The van der Waals surface area contributed by atoms with Gasteiger partial charge in [-0.25, -0.2) is 4.79 Å². The molecule has 170 valence electrons. The second-order valence-corrected chi connectivity index (χ2v) is 9.08. The van der Waals surface area contributed by atoms with Crippen LogP contribution in [0.5, 0.6) is 0 Å². The van der Waals surface area contributed by atoms with Gasteiger partial charge in [0, 0.05) is 57.0 Å². The van der Waals surface area contributed by atoms with Crippen LogP contribution >= 0.6 is 11.6 Å². The molecule has 0 saturated carbocycles. The van der Waals surface area contributed by atoms with E-state index in [4.69, 9.17) is 21.3 Å². The number of halogens is 1. The van der Waals surface area contributed by atoms with E-state index >= 15 is 0 Å². The molecule has 1 aromatic carbocycles. The topological polar surface area (TPSA) is 77.5 Å². The Morgan fingerprint density at radius 3 is 2.53 bits per heavy atom. The highest BCUT2D eigenvalue weighted by Gasteiger charge is 2.30. The number of anilines is 2. The van der Waals surface area contributed by atoms with E-state index in [1.807, 2.05) is 28.8 Å². The maximum absolute atomic E-state index is 13.5. The third-order valence-electron chi connectivity index (χ3n) is 6.32. The van der Waals surface area contributed by atoms with Crippen molar-refractivity contribution in [3.05, 3.63) is 50.1 Å². The number of fused-ring (bicyclic) bond motifs is 3. The second kappa shape index (κ2) is 8.38. The summed E-state index contributed by atoms with van der Waals surface area (Å²) in [5.41, 5.74) is 1.24. The number of ether oxygens (including phenoxy) is 1. The minimum atomic E-state index is -0.336. The van der Waals surface area contributed by atoms with Crippen molar-refractivity contribution in [3.8, 4) is 0 Å². The van der Waals surface area contributed by atoms with Crippen molar-refractivity contribution >= 4 is 34.4 Å². The van der Waals surface area contributed by atoms with Gasteiger partial charge in [-0.2, -0.15) is 4.98 Å². The fourth-order valence-corrected chi connectivity index (χ4v) is 4.73. The first-order valence-corrected chi connectivity index (χ1v) is 11.3. The third kappa shape index (κ3) is 3.64. The average Bonchev–Trinajstić information content (AvgIpc) is 3.18. The maximum Gasteiger partial charge on any atom is 0.332 e. The largest absolute Gasteiger partial charge is 0.379 e. The van der Waals surface area contributed by atoms with Gasteiger partial charge in [-0.3, -0.25) is 18.8 Å². The lowest BCUT2D eigenvalue weighted by atomic mass is 10.1.